The van der Waals surface area contributed by atoms with E-state index in [4.69, 9.17) is 23.2 Å². The molecule has 20 heavy (non-hydrogen) atoms. The molecule has 0 aliphatic carbocycles. The molecule has 0 unspecified atom stereocenters. The van der Waals surface area contributed by atoms with Gasteiger partial charge in [-0.25, -0.2) is 0 Å². The number of anilines is 1. The predicted octanol–water partition coefficient (Wildman–Crippen LogP) is 3.58. The van der Waals surface area contributed by atoms with Gasteiger partial charge in [0, 0.05) is 13.1 Å². The van der Waals surface area contributed by atoms with E-state index in [1.54, 1.807) is 30.3 Å². The molecule has 0 aliphatic heterocycles. The Kier molecular flexibility index (Phi) is 4.37. The van der Waals surface area contributed by atoms with E-state index in [-0.39, 0.29) is 27.2 Å². The second kappa shape index (κ2) is 6.03. The molecule has 0 saturated carbocycles. The van der Waals surface area contributed by atoms with Crippen molar-refractivity contribution in [1.82, 2.24) is 4.98 Å². The molecule has 2 aromatic rings. The molecular weight excluding hydrogens is 299 g/mol. The van der Waals surface area contributed by atoms with Crippen LogP contribution in [-0.4, -0.2) is 16.7 Å². The second-order valence-corrected chi connectivity index (χ2v) is 4.82. The fourth-order valence-electron chi connectivity index (χ4n) is 1.72. The molecule has 1 aromatic carbocycles. The molecule has 1 N–H and O–H groups in total. The number of nitrogens with zero attached hydrogens (tertiary/aromatic N) is 1. The van der Waals surface area contributed by atoms with E-state index in [1.807, 2.05) is 0 Å². The molecule has 0 spiro atoms. The number of pyridine rings is 1. The lowest BCUT2D eigenvalue weighted by Gasteiger charge is -2.11. The Labute approximate surface area is 125 Å². The van der Waals surface area contributed by atoms with Crippen LogP contribution in [-0.2, 0) is 4.79 Å². The Morgan fingerprint density at radius 2 is 1.80 bits per heavy atom. The van der Waals surface area contributed by atoms with Gasteiger partial charge in [-0.1, -0.05) is 29.3 Å². The van der Waals surface area contributed by atoms with E-state index in [2.05, 4.69) is 10.3 Å². The van der Waals surface area contributed by atoms with Crippen molar-refractivity contribution in [3.63, 3.8) is 0 Å². The Morgan fingerprint density at radius 1 is 1.10 bits per heavy atom. The quantitative estimate of drug-likeness (QED) is 0.882. The first kappa shape index (κ1) is 14.5. The Bertz CT molecular complexity index is 687. The number of ketones is 1. The van der Waals surface area contributed by atoms with Crippen LogP contribution in [0.2, 0.25) is 10.0 Å². The first-order valence-corrected chi connectivity index (χ1v) is 6.47. The Morgan fingerprint density at radius 3 is 2.45 bits per heavy atom. The molecular formula is C14H10Cl2N2O2. The van der Waals surface area contributed by atoms with Crippen molar-refractivity contribution in [3.8, 4) is 0 Å². The van der Waals surface area contributed by atoms with Crippen LogP contribution in [0.15, 0.2) is 36.5 Å². The van der Waals surface area contributed by atoms with Gasteiger partial charge < -0.3 is 5.32 Å². The monoisotopic (exact) mass is 308 g/mol. The van der Waals surface area contributed by atoms with Gasteiger partial charge in [-0.15, -0.1) is 0 Å². The number of hydrogen-bond acceptors (Lipinski definition) is 3. The number of halogens is 2. The number of rotatable bonds is 3. The maximum absolute atomic E-state index is 12.5. The minimum atomic E-state index is -0.440. The summed E-state index contributed by atoms with van der Waals surface area (Å²) in [7, 11) is 0. The fourth-order valence-corrected chi connectivity index (χ4v) is 2.19. The van der Waals surface area contributed by atoms with Gasteiger partial charge in [-0.2, -0.15) is 0 Å². The molecule has 2 rings (SSSR count). The summed E-state index contributed by atoms with van der Waals surface area (Å²) in [4.78, 5) is 27.7. The molecule has 102 valence electrons. The molecule has 6 heteroatoms. The van der Waals surface area contributed by atoms with Crippen molar-refractivity contribution in [2.75, 3.05) is 5.32 Å². The van der Waals surface area contributed by atoms with Crippen LogP contribution in [0, 0.1) is 0 Å². The van der Waals surface area contributed by atoms with Gasteiger partial charge in [0.05, 0.1) is 21.3 Å². The van der Waals surface area contributed by atoms with Crippen molar-refractivity contribution >= 4 is 40.6 Å². The highest BCUT2D eigenvalue weighted by molar-refractivity contribution is 6.38. The summed E-state index contributed by atoms with van der Waals surface area (Å²) in [6.07, 6.45) is 1.47. The van der Waals surface area contributed by atoms with Crippen LogP contribution in [0.5, 0.6) is 0 Å². The molecule has 0 saturated heterocycles. The normalized spacial score (nSPS) is 10.2. The molecule has 1 amide bonds. The minimum absolute atomic E-state index is 0.0915. The third-order valence-electron chi connectivity index (χ3n) is 2.52. The van der Waals surface area contributed by atoms with Gasteiger partial charge in [-0.05, 0) is 24.3 Å². The van der Waals surface area contributed by atoms with Crippen molar-refractivity contribution < 1.29 is 9.59 Å². The van der Waals surface area contributed by atoms with Gasteiger partial charge in [0.2, 0.25) is 11.7 Å². The van der Waals surface area contributed by atoms with Crippen molar-refractivity contribution in [2.24, 2.45) is 0 Å². The van der Waals surface area contributed by atoms with Gasteiger partial charge >= 0.3 is 0 Å². The lowest BCUT2D eigenvalue weighted by Crippen LogP contribution is -2.13. The third kappa shape index (κ3) is 2.98. The largest absolute Gasteiger partial charge is 0.326 e. The summed E-state index contributed by atoms with van der Waals surface area (Å²) in [6, 6.07) is 8.00. The van der Waals surface area contributed by atoms with E-state index in [1.165, 1.54) is 13.1 Å². The smallest absolute Gasteiger partial charge is 0.221 e. The predicted molar refractivity (Wildman–Crippen MR) is 78.4 cm³/mol. The number of amides is 1. The number of aromatic nitrogens is 1. The highest BCUT2D eigenvalue weighted by Gasteiger charge is 2.21. The van der Waals surface area contributed by atoms with Crippen molar-refractivity contribution in [3.05, 3.63) is 57.8 Å². The summed E-state index contributed by atoms with van der Waals surface area (Å²) in [5.41, 5.74) is 0.593. The average Bonchev–Trinajstić information content (AvgIpc) is 2.38. The first-order chi connectivity index (χ1) is 9.50. The van der Waals surface area contributed by atoms with Crippen LogP contribution >= 0.6 is 23.2 Å². The number of carbonyl (C=O) groups is 2. The summed E-state index contributed by atoms with van der Waals surface area (Å²) in [5, 5.41) is 3.02. The van der Waals surface area contributed by atoms with Gasteiger partial charge in [-0.3, -0.25) is 14.6 Å². The van der Waals surface area contributed by atoms with Crippen molar-refractivity contribution in [1.29, 1.82) is 0 Å². The average molecular weight is 309 g/mol. The van der Waals surface area contributed by atoms with Gasteiger partial charge in [0.25, 0.3) is 0 Å². The third-order valence-corrected chi connectivity index (χ3v) is 3.14. The molecule has 0 bridgehead atoms. The number of nitrogens with one attached hydrogen (secondary N) is 1. The van der Waals surface area contributed by atoms with Gasteiger partial charge in [0.15, 0.2) is 0 Å². The molecule has 0 fully saturated rings. The van der Waals surface area contributed by atoms with E-state index >= 15 is 0 Å². The standard InChI is InChI=1S/C14H10Cl2N2O2/c1-8(19)18-11-6-2-4-9(15)12(11)14(20)13-10(16)5-3-7-17-13/h2-7H,1H3,(H,18,19). The van der Waals surface area contributed by atoms with Crippen LogP contribution in [0.1, 0.15) is 23.0 Å². The first-order valence-electron chi connectivity index (χ1n) is 5.72. The number of hydrogen-bond donors (Lipinski definition) is 1. The molecule has 0 aliphatic rings. The van der Waals surface area contributed by atoms with Crippen LogP contribution in [0.4, 0.5) is 5.69 Å². The van der Waals surface area contributed by atoms with E-state index < -0.39 is 5.78 Å². The highest BCUT2D eigenvalue weighted by Crippen LogP contribution is 2.28. The Balaban J connectivity index is 2.54. The summed E-state index contributed by atoms with van der Waals surface area (Å²) in [5.74, 6) is -0.738. The SMILES string of the molecule is CC(=O)Nc1cccc(Cl)c1C(=O)c1ncccc1Cl. The van der Waals surface area contributed by atoms with E-state index in [0.717, 1.165) is 0 Å². The minimum Gasteiger partial charge on any atom is -0.326 e. The van der Waals surface area contributed by atoms with Crippen LogP contribution < -0.4 is 5.32 Å². The highest BCUT2D eigenvalue weighted by atomic mass is 35.5. The zero-order valence-electron chi connectivity index (χ0n) is 10.5. The van der Waals surface area contributed by atoms with Crippen molar-refractivity contribution in [2.45, 2.75) is 6.92 Å². The lowest BCUT2D eigenvalue weighted by atomic mass is 10.0. The number of benzene rings is 1. The zero-order valence-corrected chi connectivity index (χ0v) is 12.0. The molecule has 1 heterocycles. The fraction of sp³-hybridized carbons (Fsp3) is 0.0714. The number of carbonyl (C=O) groups excluding carboxylic acids is 2. The molecule has 4 nitrogen and oxygen atoms in total. The lowest BCUT2D eigenvalue weighted by molar-refractivity contribution is -0.114. The summed E-state index contributed by atoms with van der Waals surface area (Å²) < 4.78 is 0. The zero-order chi connectivity index (χ0) is 14.7. The maximum Gasteiger partial charge on any atom is 0.221 e. The van der Waals surface area contributed by atoms with Crippen LogP contribution in [0.25, 0.3) is 0 Å². The van der Waals surface area contributed by atoms with Crippen LogP contribution in [0.3, 0.4) is 0 Å². The molecule has 1 aromatic heterocycles. The summed E-state index contributed by atoms with van der Waals surface area (Å²) in [6.45, 7) is 1.35. The second-order valence-electron chi connectivity index (χ2n) is 4.01. The topological polar surface area (TPSA) is 59.1 Å². The van der Waals surface area contributed by atoms with E-state index in [0.29, 0.717) is 5.69 Å². The van der Waals surface area contributed by atoms with Gasteiger partial charge in [0.1, 0.15) is 5.69 Å². The summed E-state index contributed by atoms with van der Waals surface area (Å²) >= 11 is 12.0. The Hall–Kier alpha value is -1.91. The molecule has 0 radical (unpaired) electrons. The molecule has 0 atom stereocenters. The maximum atomic E-state index is 12.5. The van der Waals surface area contributed by atoms with E-state index in [9.17, 15) is 9.59 Å².